The lowest BCUT2D eigenvalue weighted by atomic mass is 10.1. The van der Waals surface area contributed by atoms with E-state index < -0.39 is 0 Å². The molecule has 20 heavy (non-hydrogen) atoms. The van der Waals surface area contributed by atoms with Crippen molar-refractivity contribution in [1.82, 2.24) is 20.1 Å². The summed E-state index contributed by atoms with van der Waals surface area (Å²) in [5, 5.41) is 7.07. The number of carbonyl (C=O) groups excluding carboxylic acids is 1. The number of carbonyl (C=O) groups is 1. The quantitative estimate of drug-likeness (QED) is 0.927. The average Bonchev–Trinajstić information content (AvgIpc) is 2.95. The van der Waals surface area contributed by atoms with Gasteiger partial charge in [-0.2, -0.15) is 5.10 Å². The van der Waals surface area contributed by atoms with Crippen molar-refractivity contribution in [2.75, 3.05) is 6.54 Å². The van der Waals surface area contributed by atoms with E-state index in [4.69, 9.17) is 0 Å². The molecule has 0 spiro atoms. The first-order valence-electron chi connectivity index (χ1n) is 7.04. The average molecular weight is 270 g/mol. The summed E-state index contributed by atoms with van der Waals surface area (Å²) in [7, 11) is 0. The highest BCUT2D eigenvalue weighted by atomic mass is 16.2. The molecule has 0 saturated heterocycles. The third kappa shape index (κ3) is 2.43. The smallest absolute Gasteiger partial charge is 0.274 e. The van der Waals surface area contributed by atoms with Gasteiger partial charge in [0.25, 0.3) is 5.91 Å². The molecule has 1 N–H and O–H groups in total. The van der Waals surface area contributed by atoms with Crippen LogP contribution in [-0.4, -0.2) is 32.5 Å². The molecule has 2 aromatic rings. The zero-order chi connectivity index (χ0) is 13.9. The Balaban J connectivity index is 1.75. The van der Waals surface area contributed by atoms with E-state index in [1.807, 2.05) is 23.1 Å². The largest absolute Gasteiger partial charge is 0.332 e. The van der Waals surface area contributed by atoms with Crippen molar-refractivity contribution >= 4 is 5.91 Å². The monoisotopic (exact) mass is 270 g/mol. The third-order valence-corrected chi connectivity index (χ3v) is 3.62. The van der Waals surface area contributed by atoms with Crippen molar-refractivity contribution in [3.8, 4) is 0 Å². The second-order valence-electron chi connectivity index (χ2n) is 5.11. The number of amides is 1. The van der Waals surface area contributed by atoms with Crippen molar-refractivity contribution in [1.29, 1.82) is 0 Å². The van der Waals surface area contributed by atoms with Gasteiger partial charge in [0.2, 0.25) is 0 Å². The topological polar surface area (TPSA) is 61.9 Å². The van der Waals surface area contributed by atoms with Gasteiger partial charge in [-0.25, -0.2) is 0 Å². The van der Waals surface area contributed by atoms with Crippen molar-refractivity contribution in [2.45, 2.75) is 32.7 Å². The highest BCUT2D eigenvalue weighted by Crippen LogP contribution is 2.18. The fourth-order valence-electron chi connectivity index (χ4n) is 2.57. The van der Waals surface area contributed by atoms with Crippen LogP contribution in [0.5, 0.6) is 0 Å². The predicted octanol–water partition coefficient (Wildman–Crippen LogP) is 1.96. The summed E-state index contributed by atoms with van der Waals surface area (Å²) in [4.78, 5) is 18.6. The molecular formula is C15H18N4O. The number of hydrogen-bond acceptors (Lipinski definition) is 3. The number of aromatic nitrogens is 3. The fraction of sp³-hybridized carbons (Fsp3) is 0.400. The molecule has 0 unspecified atom stereocenters. The number of H-pyrrole nitrogens is 1. The van der Waals surface area contributed by atoms with Gasteiger partial charge in [-0.15, -0.1) is 0 Å². The van der Waals surface area contributed by atoms with Crippen LogP contribution in [-0.2, 0) is 19.4 Å². The molecule has 1 amide bonds. The molecule has 0 fully saturated rings. The van der Waals surface area contributed by atoms with Gasteiger partial charge in [-0.1, -0.05) is 19.4 Å². The van der Waals surface area contributed by atoms with Gasteiger partial charge >= 0.3 is 0 Å². The summed E-state index contributed by atoms with van der Waals surface area (Å²) in [6.07, 6.45) is 4.58. The van der Waals surface area contributed by atoms with Gasteiger partial charge in [-0.3, -0.25) is 14.9 Å². The van der Waals surface area contributed by atoms with E-state index in [-0.39, 0.29) is 5.91 Å². The summed E-state index contributed by atoms with van der Waals surface area (Å²) in [6, 6.07) is 5.82. The number of hydrogen-bond donors (Lipinski definition) is 1. The van der Waals surface area contributed by atoms with E-state index in [1.54, 1.807) is 6.20 Å². The number of nitrogens with zero attached hydrogens (tertiary/aromatic N) is 3. The minimum atomic E-state index is -0.00175. The third-order valence-electron chi connectivity index (χ3n) is 3.62. The summed E-state index contributed by atoms with van der Waals surface area (Å²) in [5.74, 6) is -0.00175. The van der Waals surface area contributed by atoms with Crippen LogP contribution in [0.15, 0.2) is 24.4 Å². The molecule has 0 atom stereocenters. The van der Waals surface area contributed by atoms with Crippen LogP contribution in [0.1, 0.15) is 40.8 Å². The first-order chi connectivity index (χ1) is 9.78. The Morgan fingerprint density at radius 3 is 3.25 bits per heavy atom. The molecule has 1 aliphatic heterocycles. The van der Waals surface area contributed by atoms with Crippen LogP contribution in [0, 0.1) is 0 Å². The molecule has 2 aromatic heterocycles. The second-order valence-corrected chi connectivity index (χ2v) is 5.11. The molecule has 0 aromatic carbocycles. The summed E-state index contributed by atoms with van der Waals surface area (Å²) in [5.41, 5.74) is 3.78. The summed E-state index contributed by atoms with van der Waals surface area (Å²) in [6.45, 7) is 3.44. The lowest BCUT2D eigenvalue weighted by Crippen LogP contribution is -2.36. The van der Waals surface area contributed by atoms with Crippen LogP contribution in [0.2, 0.25) is 0 Å². The highest BCUT2D eigenvalue weighted by molar-refractivity contribution is 5.92. The first kappa shape index (κ1) is 12.8. The Labute approximate surface area is 118 Å². The lowest BCUT2D eigenvalue weighted by molar-refractivity contribution is 0.0727. The first-order valence-corrected chi connectivity index (χ1v) is 7.04. The maximum atomic E-state index is 12.5. The maximum Gasteiger partial charge on any atom is 0.274 e. The van der Waals surface area contributed by atoms with Crippen LogP contribution >= 0.6 is 0 Å². The summed E-state index contributed by atoms with van der Waals surface area (Å²) >= 11 is 0. The van der Waals surface area contributed by atoms with Gasteiger partial charge in [0, 0.05) is 37.1 Å². The van der Waals surface area contributed by atoms with Crippen molar-refractivity contribution < 1.29 is 4.79 Å². The van der Waals surface area contributed by atoms with E-state index >= 15 is 0 Å². The predicted molar refractivity (Wildman–Crippen MR) is 75.3 cm³/mol. The molecule has 0 bridgehead atoms. The maximum absolute atomic E-state index is 12.5. The Hall–Kier alpha value is -2.17. The molecule has 0 saturated carbocycles. The molecule has 3 rings (SSSR count). The molecular weight excluding hydrogens is 252 g/mol. The van der Waals surface area contributed by atoms with E-state index in [0.29, 0.717) is 18.8 Å². The van der Waals surface area contributed by atoms with Gasteiger partial charge in [0.15, 0.2) is 0 Å². The zero-order valence-corrected chi connectivity index (χ0v) is 11.6. The molecule has 0 radical (unpaired) electrons. The van der Waals surface area contributed by atoms with Gasteiger partial charge in [0.05, 0.1) is 0 Å². The zero-order valence-electron chi connectivity index (χ0n) is 11.6. The Bertz CT molecular complexity index is 620. The Kier molecular flexibility index (Phi) is 3.50. The van der Waals surface area contributed by atoms with Gasteiger partial charge in [-0.05, 0) is 24.1 Å². The SMILES string of the molecule is CCCc1cc(C(=O)N2CCc3ncccc3C2)n[nH]1. The van der Waals surface area contributed by atoms with Crippen LogP contribution in [0.4, 0.5) is 0 Å². The standard InChI is InChI=1S/C15H18N4O/c1-2-4-12-9-14(18-17-12)15(20)19-8-6-13-11(10-19)5-3-7-16-13/h3,5,7,9H,2,4,6,8,10H2,1H3,(H,17,18). The minimum Gasteiger partial charge on any atom is -0.332 e. The van der Waals surface area contributed by atoms with E-state index in [9.17, 15) is 4.79 Å². The normalized spacial score (nSPS) is 14.2. The molecule has 1 aliphatic rings. The molecule has 5 heteroatoms. The second kappa shape index (κ2) is 5.45. The molecule has 0 aliphatic carbocycles. The highest BCUT2D eigenvalue weighted by Gasteiger charge is 2.23. The van der Waals surface area contributed by atoms with E-state index in [1.165, 1.54) is 0 Å². The Morgan fingerprint density at radius 1 is 1.50 bits per heavy atom. The minimum absolute atomic E-state index is 0.00175. The Morgan fingerprint density at radius 2 is 2.40 bits per heavy atom. The van der Waals surface area contributed by atoms with Crippen molar-refractivity contribution in [2.24, 2.45) is 0 Å². The van der Waals surface area contributed by atoms with Crippen LogP contribution in [0.25, 0.3) is 0 Å². The molecule has 3 heterocycles. The molecule has 104 valence electrons. The van der Waals surface area contributed by atoms with Crippen molar-refractivity contribution in [3.63, 3.8) is 0 Å². The van der Waals surface area contributed by atoms with Crippen LogP contribution in [0.3, 0.4) is 0 Å². The van der Waals surface area contributed by atoms with Gasteiger partial charge in [0.1, 0.15) is 5.69 Å². The fourth-order valence-corrected chi connectivity index (χ4v) is 2.57. The van der Waals surface area contributed by atoms with Crippen LogP contribution < -0.4 is 0 Å². The van der Waals surface area contributed by atoms with Crippen molar-refractivity contribution in [3.05, 3.63) is 47.0 Å². The molecule has 5 nitrogen and oxygen atoms in total. The number of aromatic amines is 1. The number of nitrogens with one attached hydrogen (secondary N) is 1. The lowest BCUT2D eigenvalue weighted by Gasteiger charge is -2.27. The number of aryl methyl sites for hydroxylation is 1. The number of pyridine rings is 1. The number of rotatable bonds is 3. The van der Waals surface area contributed by atoms with Gasteiger partial charge < -0.3 is 4.90 Å². The van der Waals surface area contributed by atoms with E-state index in [0.717, 1.165) is 36.2 Å². The van der Waals surface area contributed by atoms with E-state index in [2.05, 4.69) is 22.1 Å². The number of fused-ring (bicyclic) bond motifs is 1. The summed E-state index contributed by atoms with van der Waals surface area (Å²) < 4.78 is 0.